The molecule has 1 unspecified atom stereocenters. The van der Waals surface area contributed by atoms with Gasteiger partial charge in [0.05, 0.1) is 5.56 Å². The van der Waals surface area contributed by atoms with Crippen molar-refractivity contribution >= 4 is 27.6 Å². The predicted molar refractivity (Wildman–Crippen MR) is 84.4 cm³/mol. The van der Waals surface area contributed by atoms with Crippen molar-refractivity contribution < 1.29 is 9.90 Å². The maximum Gasteiger partial charge on any atom is 0.335 e. The van der Waals surface area contributed by atoms with E-state index in [1.165, 1.54) is 13.0 Å². The summed E-state index contributed by atoms with van der Waals surface area (Å²) in [6, 6.07) is 5.70. The van der Waals surface area contributed by atoms with Crippen LogP contribution in [0.15, 0.2) is 22.7 Å². The lowest BCUT2D eigenvalue weighted by molar-refractivity contribution is 0.0697. The van der Waals surface area contributed by atoms with E-state index in [4.69, 9.17) is 5.11 Å². The number of nitrogens with zero attached hydrogens (tertiary/aromatic N) is 1. The van der Waals surface area contributed by atoms with Gasteiger partial charge in [0.1, 0.15) is 0 Å². The summed E-state index contributed by atoms with van der Waals surface area (Å²) in [5.74, 6) is -0.246. The van der Waals surface area contributed by atoms with Crippen LogP contribution in [0.25, 0.3) is 0 Å². The van der Waals surface area contributed by atoms with E-state index in [1.807, 2.05) is 6.07 Å². The molecule has 0 aromatic heterocycles. The van der Waals surface area contributed by atoms with Crippen molar-refractivity contribution in [1.82, 2.24) is 4.90 Å². The van der Waals surface area contributed by atoms with Gasteiger partial charge in [0.25, 0.3) is 0 Å². The Morgan fingerprint density at radius 3 is 2.85 bits per heavy atom. The number of aromatic carboxylic acids is 1. The van der Waals surface area contributed by atoms with Crippen molar-refractivity contribution in [3.63, 3.8) is 0 Å². The number of anilines is 1. The lowest BCUT2D eigenvalue weighted by atomic mass is 10.1. The number of nitrogens with one attached hydrogen (secondary N) is 1. The Hall–Kier alpha value is -1.07. The third-order valence-electron chi connectivity index (χ3n) is 3.84. The van der Waals surface area contributed by atoms with Crippen molar-refractivity contribution in [2.24, 2.45) is 5.92 Å². The first kappa shape index (κ1) is 15.3. The molecule has 2 rings (SSSR count). The second-order valence-electron chi connectivity index (χ2n) is 5.62. The summed E-state index contributed by atoms with van der Waals surface area (Å²) in [4.78, 5) is 13.4. The highest BCUT2D eigenvalue weighted by atomic mass is 79.9. The van der Waals surface area contributed by atoms with E-state index < -0.39 is 5.97 Å². The highest BCUT2D eigenvalue weighted by molar-refractivity contribution is 9.10. The third kappa shape index (κ3) is 3.73. The minimum absolute atomic E-state index is 0.300. The van der Waals surface area contributed by atoms with E-state index in [2.05, 4.69) is 40.0 Å². The van der Waals surface area contributed by atoms with Crippen LogP contribution in [0.4, 0.5) is 5.69 Å². The van der Waals surface area contributed by atoms with Crippen molar-refractivity contribution in [3.05, 3.63) is 28.2 Å². The van der Waals surface area contributed by atoms with Gasteiger partial charge in [-0.25, -0.2) is 4.79 Å². The molecule has 1 atom stereocenters. The van der Waals surface area contributed by atoms with Crippen LogP contribution in [0.1, 0.15) is 30.6 Å². The zero-order valence-electron chi connectivity index (χ0n) is 11.9. The van der Waals surface area contributed by atoms with Crippen LogP contribution < -0.4 is 5.32 Å². The summed E-state index contributed by atoms with van der Waals surface area (Å²) < 4.78 is 0.802. The molecule has 5 heteroatoms. The monoisotopic (exact) mass is 340 g/mol. The number of hydrogen-bond donors (Lipinski definition) is 2. The summed E-state index contributed by atoms with van der Waals surface area (Å²) in [6.45, 7) is 7.70. The minimum Gasteiger partial charge on any atom is -0.478 e. The van der Waals surface area contributed by atoms with Gasteiger partial charge in [-0.15, -0.1) is 0 Å². The van der Waals surface area contributed by atoms with Crippen LogP contribution in [0.5, 0.6) is 0 Å². The molecule has 0 radical (unpaired) electrons. The van der Waals surface area contributed by atoms with Crippen LogP contribution >= 0.6 is 15.9 Å². The minimum atomic E-state index is -0.902. The standard InChI is InChI=1S/C15H21BrN2O2/c1-10(2)18-6-5-11(9-18)8-17-14-4-3-12(15(19)20)7-13(14)16/h3-4,7,10-11,17H,5-6,8-9H2,1-2H3,(H,19,20). The summed E-state index contributed by atoms with van der Waals surface area (Å²) in [6.07, 6.45) is 1.22. The lowest BCUT2D eigenvalue weighted by Gasteiger charge is -2.20. The molecule has 1 aliphatic rings. The van der Waals surface area contributed by atoms with Crippen molar-refractivity contribution in [2.75, 3.05) is 25.0 Å². The van der Waals surface area contributed by atoms with Crippen molar-refractivity contribution in [1.29, 1.82) is 0 Å². The highest BCUT2D eigenvalue weighted by Gasteiger charge is 2.23. The van der Waals surface area contributed by atoms with E-state index in [1.54, 1.807) is 12.1 Å². The number of carboxylic acids is 1. The molecule has 0 saturated carbocycles. The first-order chi connectivity index (χ1) is 9.47. The Labute approximate surface area is 128 Å². The Kier molecular flexibility index (Phi) is 5.05. The average molecular weight is 341 g/mol. The van der Waals surface area contributed by atoms with Gasteiger partial charge < -0.3 is 15.3 Å². The van der Waals surface area contributed by atoms with E-state index in [0.717, 1.165) is 23.2 Å². The summed E-state index contributed by atoms with van der Waals surface area (Å²) >= 11 is 3.42. The molecular formula is C15H21BrN2O2. The molecule has 0 spiro atoms. The van der Waals surface area contributed by atoms with Gasteiger partial charge in [0.2, 0.25) is 0 Å². The molecule has 110 valence electrons. The number of benzene rings is 1. The first-order valence-electron chi connectivity index (χ1n) is 6.98. The topological polar surface area (TPSA) is 52.6 Å². The number of carboxylic acid groups (broad SMARTS) is 1. The maximum absolute atomic E-state index is 10.9. The van der Waals surface area contributed by atoms with Crippen LogP contribution in [0, 0.1) is 5.92 Å². The Morgan fingerprint density at radius 1 is 1.55 bits per heavy atom. The Bertz CT molecular complexity index is 491. The summed E-state index contributed by atoms with van der Waals surface area (Å²) in [5.41, 5.74) is 1.26. The molecule has 1 fully saturated rings. The Balaban J connectivity index is 1.90. The normalized spacial score (nSPS) is 19.5. The molecule has 1 aromatic carbocycles. The zero-order chi connectivity index (χ0) is 14.7. The van der Waals surface area contributed by atoms with E-state index >= 15 is 0 Å². The molecule has 0 bridgehead atoms. The first-order valence-corrected chi connectivity index (χ1v) is 7.77. The number of halogens is 1. The van der Waals surface area contributed by atoms with E-state index in [0.29, 0.717) is 17.5 Å². The number of carbonyl (C=O) groups is 1. The van der Waals surface area contributed by atoms with Gasteiger partial charge in [-0.05, 0) is 66.9 Å². The molecule has 1 aliphatic heterocycles. The molecular weight excluding hydrogens is 320 g/mol. The molecule has 2 N–H and O–H groups in total. The maximum atomic E-state index is 10.9. The molecule has 1 saturated heterocycles. The van der Waals surface area contributed by atoms with E-state index in [9.17, 15) is 4.79 Å². The van der Waals surface area contributed by atoms with Crippen LogP contribution in [-0.2, 0) is 0 Å². The molecule has 0 amide bonds. The fourth-order valence-corrected chi connectivity index (χ4v) is 3.06. The van der Waals surface area contributed by atoms with Crippen molar-refractivity contribution in [2.45, 2.75) is 26.3 Å². The lowest BCUT2D eigenvalue weighted by Crippen LogP contribution is -2.29. The van der Waals surface area contributed by atoms with Crippen LogP contribution in [0.2, 0.25) is 0 Å². The smallest absolute Gasteiger partial charge is 0.335 e. The van der Waals surface area contributed by atoms with Crippen LogP contribution in [-0.4, -0.2) is 41.7 Å². The number of rotatable bonds is 5. The SMILES string of the molecule is CC(C)N1CCC(CNc2ccc(C(=O)O)cc2Br)C1. The third-order valence-corrected chi connectivity index (χ3v) is 4.50. The molecule has 1 aromatic rings. The summed E-state index contributed by atoms with van der Waals surface area (Å²) in [7, 11) is 0. The van der Waals surface area contributed by atoms with Gasteiger partial charge in [-0.1, -0.05) is 0 Å². The summed E-state index contributed by atoms with van der Waals surface area (Å²) in [5, 5.41) is 12.4. The van der Waals surface area contributed by atoms with Gasteiger partial charge in [0, 0.05) is 29.3 Å². The number of hydrogen-bond acceptors (Lipinski definition) is 3. The van der Waals surface area contributed by atoms with Gasteiger partial charge in [-0.3, -0.25) is 0 Å². The van der Waals surface area contributed by atoms with Crippen LogP contribution in [0.3, 0.4) is 0 Å². The molecule has 4 nitrogen and oxygen atoms in total. The number of likely N-dealkylation sites (tertiary alicyclic amines) is 1. The molecule has 20 heavy (non-hydrogen) atoms. The second kappa shape index (κ2) is 6.59. The fourth-order valence-electron chi connectivity index (χ4n) is 2.54. The second-order valence-corrected chi connectivity index (χ2v) is 6.48. The van der Waals surface area contributed by atoms with Gasteiger partial charge in [-0.2, -0.15) is 0 Å². The van der Waals surface area contributed by atoms with Gasteiger partial charge >= 0.3 is 5.97 Å². The average Bonchev–Trinajstić information content (AvgIpc) is 2.86. The molecule has 1 heterocycles. The van der Waals surface area contributed by atoms with E-state index in [-0.39, 0.29) is 0 Å². The Morgan fingerprint density at radius 2 is 2.30 bits per heavy atom. The highest BCUT2D eigenvalue weighted by Crippen LogP contribution is 2.25. The zero-order valence-corrected chi connectivity index (χ0v) is 13.5. The fraction of sp³-hybridized carbons (Fsp3) is 0.533. The largest absolute Gasteiger partial charge is 0.478 e. The van der Waals surface area contributed by atoms with Gasteiger partial charge in [0.15, 0.2) is 0 Å². The predicted octanol–water partition coefficient (Wildman–Crippen LogP) is 3.29. The van der Waals surface area contributed by atoms with Crippen molar-refractivity contribution in [3.8, 4) is 0 Å². The quantitative estimate of drug-likeness (QED) is 0.863. The molecule has 0 aliphatic carbocycles.